The van der Waals surface area contributed by atoms with Crippen molar-refractivity contribution in [3.8, 4) is 0 Å². The minimum absolute atomic E-state index is 0.240. The molecule has 2 heterocycles. The Balaban J connectivity index is 2.56. The standard InChI is InChI=1S/C16H27ClN4/c1-6-8-12-14-15(20(5)19-12)21(11-16(3,4)7-2)13(18-14)9-10-17/h6-11H2,1-5H3. The first kappa shape index (κ1) is 16.3. The van der Waals surface area contributed by atoms with Crippen molar-refractivity contribution in [3.05, 3.63) is 11.5 Å². The van der Waals surface area contributed by atoms with E-state index < -0.39 is 0 Å². The molecule has 0 bridgehead atoms. The Hall–Kier alpha value is -1.03. The maximum absolute atomic E-state index is 5.97. The van der Waals surface area contributed by atoms with E-state index in [-0.39, 0.29) is 5.41 Å². The molecule has 0 saturated carbocycles. The fourth-order valence-corrected chi connectivity index (χ4v) is 2.84. The number of hydrogen-bond acceptors (Lipinski definition) is 2. The quantitative estimate of drug-likeness (QED) is 0.726. The van der Waals surface area contributed by atoms with E-state index in [1.807, 2.05) is 11.7 Å². The number of aryl methyl sites for hydroxylation is 3. The minimum atomic E-state index is 0.240. The zero-order chi connectivity index (χ0) is 15.6. The summed E-state index contributed by atoms with van der Waals surface area (Å²) in [7, 11) is 2.02. The van der Waals surface area contributed by atoms with Crippen LogP contribution in [0.2, 0.25) is 0 Å². The SMILES string of the molecule is CCCc1nn(C)c2c1nc(CCCl)n2CC(C)(C)CC. The molecule has 0 aliphatic carbocycles. The van der Waals surface area contributed by atoms with Gasteiger partial charge >= 0.3 is 0 Å². The first-order valence-electron chi connectivity index (χ1n) is 7.90. The second-order valence-electron chi connectivity index (χ2n) is 6.56. The molecule has 0 aliphatic heterocycles. The number of halogens is 1. The third kappa shape index (κ3) is 3.25. The van der Waals surface area contributed by atoms with Crippen molar-refractivity contribution < 1.29 is 0 Å². The average Bonchev–Trinajstić information content (AvgIpc) is 2.91. The maximum Gasteiger partial charge on any atom is 0.158 e. The molecular formula is C16H27ClN4. The fourth-order valence-electron chi connectivity index (χ4n) is 2.67. The number of nitrogens with zero attached hydrogens (tertiary/aromatic N) is 4. The van der Waals surface area contributed by atoms with Gasteiger partial charge in [-0.3, -0.25) is 4.68 Å². The second kappa shape index (κ2) is 6.39. The monoisotopic (exact) mass is 310 g/mol. The van der Waals surface area contributed by atoms with Gasteiger partial charge in [-0.05, 0) is 18.3 Å². The van der Waals surface area contributed by atoms with Gasteiger partial charge in [-0.25, -0.2) is 4.98 Å². The third-order valence-corrected chi connectivity index (χ3v) is 4.41. The lowest BCUT2D eigenvalue weighted by atomic mass is 9.90. The van der Waals surface area contributed by atoms with Gasteiger partial charge in [-0.15, -0.1) is 11.6 Å². The van der Waals surface area contributed by atoms with E-state index in [0.29, 0.717) is 5.88 Å². The first-order valence-corrected chi connectivity index (χ1v) is 8.44. The summed E-state index contributed by atoms with van der Waals surface area (Å²) >= 11 is 5.97. The molecule has 4 nitrogen and oxygen atoms in total. The highest BCUT2D eigenvalue weighted by atomic mass is 35.5. The van der Waals surface area contributed by atoms with Crippen LogP contribution >= 0.6 is 11.6 Å². The Bertz CT molecular complexity index is 609. The van der Waals surface area contributed by atoms with Gasteiger partial charge in [0.25, 0.3) is 0 Å². The van der Waals surface area contributed by atoms with E-state index in [1.54, 1.807) is 0 Å². The molecule has 0 saturated heterocycles. The molecule has 118 valence electrons. The summed E-state index contributed by atoms with van der Waals surface area (Å²) in [5, 5.41) is 4.66. The summed E-state index contributed by atoms with van der Waals surface area (Å²) in [6, 6.07) is 0. The molecule has 21 heavy (non-hydrogen) atoms. The van der Waals surface area contributed by atoms with Gasteiger partial charge in [-0.1, -0.05) is 34.1 Å². The number of imidazole rings is 1. The average molecular weight is 311 g/mol. The summed E-state index contributed by atoms with van der Waals surface area (Å²) in [6.07, 6.45) is 4.00. The molecule has 0 fully saturated rings. The molecule has 2 aromatic rings. The Morgan fingerprint density at radius 3 is 2.48 bits per heavy atom. The van der Waals surface area contributed by atoms with Crippen LogP contribution < -0.4 is 0 Å². The summed E-state index contributed by atoms with van der Waals surface area (Å²) in [4.78, 5) is 4.86. The van der Waals surface area contributed by atoms with Crippen LogP contribution in [0, 0.1) is 5.41 Å². The molecule has 0 aliphatic rings. The molecule has 0 atom stereocenters. The van der Waals surface area contributed by atoms with Gasteiger partial charge in [-0.2, -0.15) is 5.10 Å². The van der Waals surface area contributed by atoms with Crippen molar-refractivity contribution in [2.24, 2.45) is 12.5 Å². The number of rotatable bonds is 7. The van der Waals surface area contributed by atoms with Crippen LogP contribution in [0.25, 0.3) is 11.2 Å². The maximum atomic E-state index is 5.97. The van der Waals surface area contributed by atoms with E-state index in [9.17, 15) is 0 Å². The lowest BCUT2D eigenvalue weighted by molar-refractivity contribution is 0.293. The Kier molecular flexibility index (Phi) is 4.97. The van der Waals surface area contributed by atoms with Crippen LogP contribution in [0.3, 0.4) is 0 Å². The lowest BCUT2D eigenvalue weighted by Gasteiger charge is -2.24. The number of aromatic nitrogens is 4. The summed E-state index contributed by atoms with van der Waals surface area (Å²) in [5.74, 6) is 1.69. The zero-order valence-electron chi connectivity index (χ0n) is 13.9. The summed E-state index contributed by atoms with van der Waals surface area (Å²) in [6.45, 7) is 9.97. The van der Waals surface area contributed by atoms with Crippen molar-refractivity contribution in [1.82, 2.24) is 19.3 Å². The van der Waals surface area contributed by atoms with E-state index in [0.717, 1.165) is 54.9 Å². The lowest BCUT2D eigenvalue weighted by Crippen LogP contribution is -2.21. The smallest absolute Gasteiger partial charge is 0.158 e. The van der Waals surface area contributed by atoms with E-state index >= 15 is 0 Å². The molecule has 0 unspecified atom stereocenters. The Morgan fingerprint density at radius 1 is 1.19 bits per heavy atom. The number of fused-ring (bicyclic) bond motifs is 1. The van der Waals surface area contributed by atoms with E-state index in [4.69, 9.17) is 16.6 Å². The topological polar surface area (TPSA) is 35.6 Å². The van der Waals surface area contributed by atoms with Crippen LogP contribution in [0.15, 0.2) is 0 Å². The minimum Gasteiger partial charge on any atom is -0.312 e. The van der Waals surface area contributed by atoms with E-state index in [2.05, 4.69) is 37.4 Å². The summed E-state index contributed by atoms with van der Waals surface area (Å²) < 4.78 is 4.31. The summed E-state index contributed by atoms with van der Waals surface area (Å²) in [5.41, 5.74) is 3.55. The molecule has 0 aromatic carbocycles. The van der Waals surface area contributed by atoms with Crippen LogP contribution in [0.1, 0.15) is 52.1 Å². The van der Waals surface area contributed by atoms with Gasteiger partial charge in [0.05, 0.1) is 5.69 Å². The van der Waals surface area contributed by atoms with Crippen molar-refractivity contribution >= 4 is 22.8 Å². The predicted octanol–water partition coefficient (Wildman–Crippen LogP) is 3.94. The van der Waals surface area contributed by atoms with Gasteiger partial charge in [0.2, 0.25) is 0 Å². The second-order valence-corrected chi connectivity index (χ2v) is 6.94. The van der Waals surface area contributed by atoms with E-state index in [1.165, 1.54) is 0 Å². The highest BCUT2D eigenvalue weighted by molar-refractivity contribution is 6.17. The van der Waals surface area contributed by atoms with Crippen molar-refractivity contribution in [2.75, 3.05) is 5.88 Å². The Morgan fingerprint density at radius 2 is 1.90 bits per heavy atom. The molecule has 0 spiro atoms. The van der Waals surface area contributed by atoms with Crippen LogP contribution in [-0.4, -0.2) is 25.2 Å². The molecule has 0 amide bonds. The molecule has 0 N–H and O–H groups in total. The van der Waals surface area contributed by atoms with Gasteiger partial charge < -0.3 is 4.57 Å². The van der Waals surface area contributed by atoms with Crippen LogP contribution in [0.5, 0.6) is 0 Å². The first-order chi connectivity index (χ1) is 9.93. The molecule has 0 radical (unpaired) electrons. The number of alkyl halides is 1. The molecular weight excluding hydrogens is 284 g/mol. The van der Waals surface area contributed by atoms with Gasteiger partial charge in [0.15, 0.2) is 5.65 Å². The van der Waals surface area contributed by atoms with Gasteiger partial charge in [0, 0.05) is 25.9 Å². The van der Waals surface area contributed by atoms with Crippen molar-refractivity contribution in [1.29, 1.82) is 0 Å². The normalized spacial score (nSPS) is 12.5. The van der Waals surface area contributed by atoms with Crippen molar-refractivity contribution in [2.45, 2.75) is 59.9 Å². The number of hydrogen-bond donors (Lipinski definition) is 0. The van der Waals surface area contributed by atoms with Crippen molar-refractivity contribution in [3.63, 3.8) is 0 Å². The Labute approximate surface area is 132 Å². The largest absolute Gasteiger partial charge is 0.312 e. The predicted molar refractivity (Wildman–Crippen MR) is 89.0 cm³/mol. The molecule has 2 aromatic heterocycles. The third-order valence-electron chi connectivity index (χ3n) is 4.22. The fraction of sp³-hybridized carbons (Fsp3) is 0.750. The van der Waals surface area contributed by atoms with Crippen LogP contribution in [0.4, 0.5) is 0 Å². The highest BCUT2D eigenvalue weighted by Gasteiger charge is 2.23. The highest BCUT2D eigenvalue weighted by Crippen LogP contribution is 2.28. The van der Waals surface area contributed by atoms with Crippen LogP contribution in [-0.2, 0) is 26.4 Å². The zero-order valence-corrected chi connectivity index (χ0v) is 14.7. The molecule has 2 rings (SSSR count). The molecule has 5 heteroatoms. The van der Waals surface area contributed by atoms with Gasteiger partial charge in [0.1, 0.15) is 11.3 Å².